The summed E-state index contributed by atoms with van der Waals surface area (Å²) in [5.74, 6) is 1.34. The summed E-state index contributed by atoms with van der Waals surface area (Å²) in [6.07, 6.45) is 1.88. The molecule has 112 valence electrons. The first-order valence-corrected chi connectivity index (χ1v) is 7.27. The summed E-state index contributed by atoms with van der Waals surface area (Å²) >= 11 is 0. The van der Waals surface area contributed by atoms with Gasteiger partial charge in [-0.3, -0.25) is 0 Å². The van der Waals surface area contributed by atoms with E-state index in [1.807, 2.05) is 24.3 Å². The zero-order valence-corrected chi connectivity index (χ0v) is 12.4. The molecule has 2 rings (SSSR count). The second kappa shape index (κ2) is 7.62. The topological polar surface area (TPSA) is 41.9 Å². The van der Waals surface area contributed by atoms with Gasteiger partial charge in [-0.2, -0.15) is 0 Å². The Morgan fingerprint density at radius 2 is 2.15 bits per heavy atom. The van der Waals surface area contributed by atoms with Gasteiger partial charge >= 0.3 is 0 Å². The van der Waals surface area contributed by atoms with Crippen molar-refractivity contribution in [2.45, 2.75) is 18.9 Å². The minimum Gasteiger partial charge on any atom is -0.496 e. The van der Waals surface area contributed by atoms with E-state index in [-0.39, 0.29) is 0 Å². The summed E-state index contributed by atoms with van der Waals surface area (Å²) in [7, 11) is 3.39. The van der Waals surface area contributed by atoms with Crippen molar-refractivity contribution in [3.63, 3.8) is 0 Å². The number of rotatable bonds is 6. The zero-order chi connectivity index (χ0) is 14.4. The molecule has 0 aliphatic carbocycles. The molecule has 20 heavy (non-hydrogen) atoms. The van der Waals surface area contributed by atoms with Gasteiger partial charge in [0.15, 0.2) is 0 Å². The highest BCUT2D eigenvalue weighted by Crippen LogP contribution is 2.26. The molecule has 1 aliphatic heterocycles. The molecule has 1 fully saturated rings. The fraction of sp³-hybridized carbons (Fsp3) is 0.625. The van der Waals surface area contributed by atoms with Crippen LogP contribution in [0.4, 0.5) is 0 Å². The normalized spacial score (nSPS) is 21.6. The molecule has 0 bridgehead atoms. The highest BCUT2D eigenvalue weighted by Gasteiger charge is 2.23. The number of methoxy groups -OCH3 is 2. The first kappa shape index (κ1) is 15.3. The van der Waals surface area contributed by atoms with E-state index >= 15 is 0 Å². The van der Waals surface area contributed by atoms with Gasteiger partial charge in [0.25, 0.3) is 0 Å². The Morgan fingerprint density at radius 3 is 2.90 bits per heavy atom. The van der Waals surface area contributed by atoms with Crippen molar-refractivity contribution in [2.24, 2.45) is 5.92 Å². The molecule has 1 saturated heterocycles. The van der Waals surface area contributed by atoms with Crippen LogP contribution in [0.25, 0.3) is 0 Å². The van der Waals surface area contributed by atoms with Crippen LogP contribution < -0.4 is 4.74 Å². The number of benzene rings is 1. The maximum atomic E-state index is 10.4. The smallest absolute Gasteiger partial charge is 0.124 e. The molecule has 4 nitrogen and oxygen atoms in total. The van der Waals surface area contributed by atoms with Crippen LogP contribution in [0.2, 0.25) is 0 Å². The van der Waals surface area contributed by atoms with Crippen molar-refractivity contribution in [1.29, 1.82) is 0 Å². The fourth-order valence-corrected chi connectivity index (χ4v) is 2.97. The van der Waals surface area contributed by atoms with Crippen LogP contribution >= 0.6 is 0 Å². The number of likely N-dealkylation sites (tertiary alicyclic amines) is 1. The van der Waals surface area contributed by atoms with Crippen LogP contribution in [0.15, 0.2) is 24.3 Å². The SMILES string of the molecule is COCC1CCCN(CC(O)c2ccccc2OC)C1. The van der Waals surface area contributed by atoms with E-state index in [9.17, 15) is 5.11 Å². The molecule has 1 aromatic carbocycles. The summed E-state index contributed by atoms with van der Waals surface area (Å²) in [5, 5.41) is 10.4. The number of nitrogens with zero attached hydrogens (tertiary/aromatic N) is 1. The minimum atomic E-state index is -0.507. The van der Waals surface area contributed by atoms with Gasteiger partial charge in [0.2, 0.25) is 0 Å². The summed E-state index contributed by atoms with van der Waals surface area (Å²) < 4.78 is 10.6. The van der Waals surface area contributed by atoms with E-state index in [0.29, 0.717) is 12.5 Å². The molecule has 2 atom stereocenters. The maximum Gasteiger partial charge on any atom is 0.124 e. The minimum absolute atomic E-state index is 0.507. The number of hydrogen-bond acceptors (Lipinski definition) is 4. The average Bonchev–Trinajstić information content (AvgIpc) is 2.48. The molecule has 1 N–H and O–H groups in total. The van der Waals surface area contributed by atoms with Crippen molar-refractivity contribution < 1.29 is 14.6 Å². The van der Waals surface area contributed by atoms with Crippen LogP contribution in [0, 0.1) is 5.92 Å². The number of ether oxygens (including phenoxy) is 2. The van der Waals surface area contributed by atoms with Crippen LogP contribution in [0.5, 0.6) is 5.75 Å². The lowest BCUT2D eigenvalue weighted by atomic mass is 9.98. The highest BCUT2D eigenvalue weighted by atomic mass is 16.5. The fourth-order valence-electron chi connectivity index (χ4n) is 2.97. The van der Waals surface area contributed by atoms with Gasteiger partial charge in [-0.05, 0) is 31.4 Å². The first-order valence-electron chi connectivity index (χ1n) is 7.27. The summed E-state index contributed by atoms with van der Waals surface area (Å²) in [5.41, 5.74) is 0.865. The molecule has 0 amide bonds. The predicted molar refractivity (Wildman–Crippen MR) is 79.0 cm³/mol. The molecular formula is C16H25NO3. The molecule has 0 saturated carbocycles. The molecule has 1 aliphatic rings. The van der Waals surface area contributed by atoms with Crippen molar-refractivity contribution in [2.75, 3.05) is 40.5 Å². The average molecular weight is 279 g/mol. The van der Waals surface area contributed by atoms with E-state index in [0.717, 1.165) is 31.0 Å². The molecule has 4 heteroatoms. The predicted octanol–water partition coefficient (Wildman–Crippen LogP) is 2.09. The van der Waals surface area contributed by atoms with Crippen molar-refractivity contribution in [1.82, 2.24) is 4.90 Å². The number of piperidine rings is 1. The van der Waals surface area contributed by atoms with Crippen LogP contribution in [-0.4, -0.2) is 50.5 Å². The highest BCUT2D eigenvalue weighted by molar-refractivity contribution is 5.35. The van der Waals surface area contributed by atoms with Gasteiger partial charge in [-0.1, -0.05) is 18.2 Å². The number of para-hydroxylation sites is 1. The largest absolute Gasteiger partial charge is 0.496 e. The van der Waals surface area contributed by atoms with E-state index < -0.39 is 6.10 Å². The van der Waals surface area contributed by atoms with E-state index in [2.05, 4.69) is 4.90 Å². The lowest BCUT2D eigenvalue weighted by Gasteiger charge is -2.33. The third kappa shape index (κ3) is 3.95. The van der Waals surface area contributed by atoms with Gasteiger partial charge in [0.05, 0.1) is 19.8 Å². The Labute approximate surface area is 121 Å². The number of aliphatic hydroxyl groups excluding tert-OH is 1. The lowest BCUT2D eigenvalue weighted by Crippen LogP contribution is -2.39. The molecule has 0 aromatic heterocycles. The molecule has 0 spiro atoms. The Balaban J connectivity index is 1.95. The van der Waals surface area contributed by atoms with Crippen molar-refractivity contribution in [3.05, 3.63) is 29.8 Å². The molecule has 1 aromatic rings. The summed E-state index contributed by atoms with van der Waals surface area (Å²) in [4.78, 5) is 2.32. The van der Waals surface area contributed by atoms with Crippen LogP contribution in [-0.2, 0) is 4.74 Å². The Kier molecular flexibility index (Phi) is 5.83. The van der Waals surface area contributed by atoms with Gasteiger partial charge in [-0.25, -0.2) is 0 Å². The third-order valence-electron chi connectivity index (χ3n) is 3.93. The molecule has 2 unspecified atom stereocenters. The number of β-amino-alcohol motifs (C(OH)–C–C–N with tert-alkyl or cyclic N) is 1. The lowest BCUT2D eigenvalue weighted by molar-refractivity contribution is 0.0555. The third-order valence-corrected chi connectivity index (χ3v) is 3.93. The second-order valence-electron chi connectivity index (χ2n) is 5.48. The standard InChI is InChI=1S/C16H25NO3/c1-19-12-13-6-5-9-17(10-13)11-15(18)14-7-3-4-8-16(14)20-2/h3-4,7-8,13,15,18H,5-6,9-12H2,1-2H3. The Hall–Kier alpha value is -1.10. The molecular weight excluding hydrogens is 254 g/mol. The van der Waals surface area contributed by atoms with Gasteiger partial charge in [0.1, 0.15) is 5.75 Å². The zero-order valence-electron chi connectivity index (χ0n) is 12.4. The summed E-state index contributed by atoms with van der Waals surface area (Å²) in [6, 6.07) is 7.68. The molecule has 0 radical (unpaired) electrons. The van der Waals surface area contributed by atoms with Gasteiger partial charge < -0.3 is 19.5 Å². The number of aliphatic hydroxyl groups is 1. The van der Waals surface area contributed by atoms with Crippen LogP contribution in [0.1, 0.15) is 24.5 Å². The van der Waals surface area contributed by atoms with E-state index in [4.69, 9.17) is 9.47 Å². The maximum absolute atomic E-state index is 10.4. The van der Waals surface area contributed by atoms with Gasteiger partial charge in [0, 0.05) is 25.8 Å². The van der Waals surface area contributed by atoms with Crippen molar-refractivity contribution in [3.8, 4) is 5.75 Å². The first-order chi connectivity index (χ1) is 9.74. The monoisotopic (exact) mass is 279 g/mol. The summed E-state index contributed by atoms with van der Waals surface area (Å²) in [6.45, 7) is 3.51. The Morgan fingerprint density at radius 1 is 1.35 bits per heavy atom. The van der Waals surface area contributed by atoms with Gasteiger partial charge in [-0.15, -0.1) is 0 Å². The second-order valence-corrected chi connectivity index (χ2v) is 5.48. The quantitative estimate of drug-likeness (QED) is 0.866. The van der Waals surface area contributed by atoms with E-state index in [1.54, 1.807) is 14.2 Å². The number of hydrogen-bond donors (Lipinski definition) is 1. The van der Waals surface area contributed by atoms with E-state index in [1.165, 1.54) is 12.8 Å². The van der Waals surface area contributed by atoms with Crippen molar-refractivity contribution >= 4 is 0 Å². The Bertz CT molecular complexity index is 408. The molecule has 1 heterocycles. The van der Waals surface area contributed by atoms with Crippen LogP contribution in [0.3, 0.4) is 0 Å².